The molecule has 0 bridgehead atoms. The van der Waals surface area contributed by atoms with Crippen molar-refractivity contribution in [2.24, 2.45) is 0 Å². The minimum Gasteiger partial charge on any atom is -0.422 e. The van der Waals surface area contributed by atoms with E-state index in [0.717, 1.165) is 41.5 Å². The summed E-state index contributed by atoms with van der Waals surface area (Å²) < 4.78 is 5.44. The number of nitrogens with one attached hydrogen (secondary N) is 2. The highest BCUT2D eigenvalue weighted by atomic mass is 32.1. The second-order valence-corrected chi connectivity index (χ2v) is 7.38. The number of unbranched alkanes of at least 4 members (excludes halogenated alkanes) is 2. The maximum Gasteiger partial charge on any atom is 0.344 e. The first-order valence-corrected chi connectivity index (χ1v) is 10.1. The number of anilines is 1. The van der Waals surface area contributed by atoms with Crippen LogP contribution in [0.4, 0.5) is 5.69 Å². The predicted molar refractivity (Wildman–Crippen MR) is 121 cm³/mol. The topological polar surface area (TPSA) is 71.3 Å². The van der Waals surface area contributed by atoms with E-state index >= 15 is 0 Å². The highest BCUT2D eigenvalue weighted by Crippen LogP contribution is 2.25. The third-order valence-electron chi connectivity index (χ3n) is 4.70. The molecule has 0 saturated carbocycles. The van der Waals surface area contributed by atoms with E-state index in [4.69, 9.17) is 16.6 Å². The molecule has 5 nitrogen and oxygen atoms in total. The van der Waals surface area contributed by atoms with Gasteiger partial charge in [-0.25, -0.2) is 4.79 Å². The zero-order valence-electron chi connectivity index (χ0n) is 16.6. The third kappa shape index (κ3) is 5.29. The van der Waals surface area contributed by atoms with Crippen molar-refractivity contribution in [2.75, 3.05) is 5.32 Å². The van der Waals surface area contributed by atoms with Gasteiger partial charge in [0.05, 0.1) is 5.56 Å². The Labute approximate surface area is 175 Å². The van der Waals surface area contributed by atoms with Crippen LogP contribution in [0.2, 0.25) is 0 Å². The number of hydrogen-bond acceptors (Lipinski definition) is 4. The van der Waals surface area contributed by atoms with E-state index < -0.39 is 5.63 Å². The molecule has 3 rings (SSSR count). The summed E-state index contributed by atoms with van der Waals surface area (Å²) in [6.07, 6.45) is 3.37. The lowest BCUT2D eigenvalue weighted by Crippen LogP contribution is -2.34. The highest BCUT2D eigenvalue weighted by Gasteiger charge is 2.11. The van der Waals surface area contributed by atoms with Crippen molar-refractivity contribution in [3.63, 3.8) is 0 Å². The highest BCUT2D eigenvalue weighted by molar-refractivity contribution is 7.80. The molecule has 3 aromatic rings. The molecule has 0 spiro atoms. The normalized spacial score (nSPS) is 10.7. The molecule has 1 aromatic heterocycles. The molecule has 0 aliphatic heterocycles. The minimum atomic E-state index is -0.398. The first kappa shape index (κ1) is 20.7. The van der Waals surface area contributed by atoms with E-state index in [9.17, 15) is 9.59 Å². The molecule has 0 aliphatic rings. The van der Waals surface area contributed by atoms with Crippen molar-refractivity contribution in [3.8, 4) is 11.1 Å². The maximum atomic E-state index is 12.5. The van der Waals surface area contributed by atoms with Gasteiger partial charge in [-0.3, -0.25) is 4.79 Å². The van der Waals surface area contributed by atoms with E-state index in [2.05, 4.69) is 17.6 Å². The van der Waals surface area contributed by atoms with Gasteiger partial charge in [-0.05, 0) is 54.9 Å². The van der Waals surface area contributed by atoms with Gasteiger partial charge in [0.25, 0.3) is 0 Å². The summed E-state index contributed by atoms with van der Waals surface area (Å²) in [6, 6.07) is 14.8. The molecular weight excluding hydrogens is 384 g/mol. The fraction of sp³-hybridized carbons (Fsp3) is 0.261. The lowest BCUT2D eigenvalue weighted by Gasteiger charge is -2.13. The molecule has 1 heterocycles. The molecule has 1 amide bonds. The van der Waals surface area contributed by atoms with Crippen molar-refractivity contribution < 1.29 is 9.21 Å². The lowest BCUT2D eigenvalue weighted by molar-refractivity contribution is -0.119. The van der Waals surface area contributed by atoms with Crippen LogP contribution >= 0.6 is 12.2 Å². The maximum absolute atomic E-state index is 12.5. The van der Waals surface area contributed by atoms with Gasteiger partial charge in [-0.1, -0.05) is 50.1 Å². The van der Waals surface area contributed by atoms with Gasteiger partial charge in [0, 0.05) is 17.5 Å². The second-order valence-electron chi connectivity index (χ2n) is 6.97. The largest absolute Gasteiger partial charge is 0.422 e. The zero-order valence-corrected chi connectivity index (χ0v) is 17.4. The molecule has 0 radical (unpaired) electrons. The van der Waals surface area contributed by atoms with E-state index in [1.807, 2.05) is 49.4 Å². The number of rotatable bonds is 6. The van der Waals surface area contributed by atoms with E-state index in [0.29, 0.717) is 17.6 Å². The number of amides is 1. The van der Waals surface area contributed by atoms with Crippen LogP contribution in [0.1, 0.15) is 38.2 Å². The molecule has 0 atom stereocenters. The Kier molecular flexibility index (Phi) is 6.77. The first-order valence-electron chi connectivity index (χ1n) is 9.72. The van der Waals surface area contributed by atoms with E-state index in [-0.39, 0.29) is 11.0 Å². The molecule has 2 N–H and O–H groups in total. The van der Waals surface area contributed by atoms with Gasteiger partial charge in [0.2, 0.25) is 5.91 Å². The van der Waals surface area contributed by atoms with Crippen molar-refractivity contribution >= 4 is 39.9 Å². The van der Waals surface area contributed by atoms with Crippen LogP contribution in [0.5, 0.6) is 0 Å². The van der Waals surface area contributed by atoms with Gasteiger partial charge in [-0.2, -0.15) is 0 Å². The van der Waals surface area contributed by atoms with Crippen LogP contribution in [0.3, 0.4) is 0 Å². The molecule has 0 unspecified atom stereocenters. The molecule has 6 heteroatoms. The predicted octanol–water partition coefficient (Wildman–Crippen LogP) is 5.16. The molecule has 0 aliphatic carbocycles. The number of para-hydroxylation sites is 1. The van der Waals surface area contributed by atoms with Gasteiger partial charge >= 0.3 is 5.63 Å². The Morgan fingerprint density at radius 2 is 1.90 bits per heavy atom. The molecular formula is C23H24N2O3S. The van der Waals surface area contributed by atoms with E-state index in [1.165, 1.54) is 0 Å². The number of hydrogen-bond donors (Lipinski definition) is 2. The fourth-order valence-corrected chi connectivity index (χ4v) is 3.29. The standard InChI is InChI=1S/C23H24N2O3S/c1-3-4-5-10-21(26)25-23(29)24-19-14-16(12-11-15(19)2)18-13-17-8-6-7-9-20(17)28-22(18)27/h6-9,11-14H,3-5,10H2,1-2H3,(H2,24,25,26,29). The smallest absolute Gasteiger partial charge is 0.344 e. The van der Waals surface area contributed by atoms with Crippen LogP contribution in [-0.2, 0) is 4.79 Å². The molecule has 0 fully saturated rings. The summed E-state index contributed by atoms with van der Waals surface area (Å²) in [5, 5.41) is 6.88. The van der Waals surface area contributed by atoms with E-state index in [1.54, 1.807) is 6.07 Å². The number of carbonyl (C=O) groups is 1. The van der Waals surface area contributed by atoms with Crippen LogP contribution < -0.4 is 16.3 Å². The summed E-state index contributed by atoms with van der Waals surface area (Å²) in [5.74, 6) is -0.0973. The quantitative estimate of drug-likeness (QED) is 0.335. The molecule has 150 valence electrons. The van der Waals surface area contributed by atoms with Crippen molar-refractivity contribution in [3.05, 3.63) is 64.5 Å². The summed E-state index contributed by atoms with van der Waals surface area (Å²) >= 11 is 5.28. The SMILES string of the molecule is CCCCCC(=O)NC(=S)Nc1cc(-c2cc3ccccc3oc2=O)ccc1C. The number of fused-ring (bicyclic) bond motifs is 1. The second kappa shape index (κ2) is 9.47. The minimum absolute atomic E-state index is 0.0973. The first-order chi connectivity index (χ1) is 14.0. The Balaban J connectivity index is 1.80. The lowest BCUT2D eigenvalue weighted by atomic mass is 10.0. The molecule has 29 heavy (non-hydrogen) atoms. The number of carbonyl (C=O) groups excluding carboxylic acids is 1. The number of thiocarbonyl (C=S) groups is 1. The molecule has 0 saturated heterocycles. The van der Waals surface area contributed by atoms with Crippen LogP contribution in [0.25, 0.3) is 22.1 Å². The van der Waals surface area contributed by atoms with Crippen molar-refractivity contribution in [1.82, 2.24) is 5.32 Å². The third-order valence-corrected chi connectivity index (χ3v) is 4.90. The zero-order chi connectivity index (χ0) is 20.8. The Bertz CT molecular complexity index is 1100. The monoisotopic (exact) mass is 408 g/mol. The summed E-state index contributed by atoms with van der Waals surface area (Å²) in [7, 11) is 0. The summed E-state index contributed by atoms with van der Waals surface area (Å²) in [5.41, 5.74) is 3.02. The van der Waals surface area contributed by atoms with Crippen molar-refractivity contribution in [2.45, 2.75) is 39.5 Å². The van der Waals surface area contributed by atoms with Gasteiger partial charge in [0.1, 0.15) is 5.58 Å². The molecule has 2 aromatic carbocycles. The fourth-order valence-electron chi connectivity index (χ4n) is 3.07. The Hall–Kier alpha value is -2.99. The Morgan fingerprint density at radius 1 is 1.10 bits per heavy atom. The summed E-state index contributed by atoms with van der Waals surface area (Å²) in [4.78, 5) is 24.4. The number of aryl methyl sites for hydroxylation is 1. The van der Waals surface area contributed by atoms with Crippen LogP contribution in [-0.4, -0.2) is 11.0 Å². The van der Waals surface area contributed by atoms with Crippen molar-refractivity contribution in [1.29, 1.82) is 0 Å². The van der Waals surface area contributed by atoms with Gasteiger partial charge < -0.3 is 15.1 Å². The average Bonchev–Trinajstić information content (AvgIpc) is 2.69. The average molecular weight is 409 g/mol. The van der Waals surface area contributed by atoms with Crippen LogP contribution in [0.15, 0.2) is 57.7 Å². The van der Waals surface area contributed by atoms with Crippen LogP contribution in [0, 0.1) is 6.92 Å². The summed E-state index contributed by atoms with van der Waals surface area (Å²) in [6.45, 7) is 4.02. The number of benzene rings is 2. The van der Waals surface area contributed by atoms with Gasteiger partial charge in [-0.15, -0.1) is 0 Å². The van der Waals surface area contributed by atoms with Gasteiger partial charge in [0.15, 0.2) is 5.11 Å². The Morgan fingerprint density at radius 3 is 2.69 bits per heavy atom.